The Morgan fingerprint density at radius 3 is 2.73 bits per heavy atom. The van der Waals surface area contributed by atoms with Crippen molar-refractivity contribution in [3.63, 3.8) is 0 Å². The number of nitrogens with zero attached hydrogens (tertiary/aromatic N) is 3. The summed E-state index contributed by atoms with van der Waals surface area (Å²) in [7, 11) is 3.53. The van der Waals surface area contributed by atoms with Crippen molar-refractivity contribution in [3.8, 4) is 0 Å². The largest absolute Gasteiger partial charge is 0.344 e. The second kappa shape index (κ2) is 5.00. The van der Waals surface area contributed by atoms with Crippen LogP contribution in [0.15, 0.2) is 0 Å². The molecule has 0 radical (unpaired) electrons. The fraction of sp³-hybridized carbons (Fsp3) is 0.800. The molecule has 15 heavy (non-hydrogen) atoms. The first kappa shape index (κ1) is 11.8. The SMILES string of the molecule is CCN(C)C(=O)N1CCCN(C)C(=O)C1. The van der Waals surface area contributed by atoms with Crippen LogP contribution in [0.5, 0.6) is 0 Å². The summed E-state index contributed by atoms with van der Waals surface area (Å²) in [6.45, 7) is 4.19. The molecule has 1 saturated heterocycles. The molecule has 0 bridgehead atoms. The van der Waals surface area contributed by atoms with Crippen LogP contribution in [-0.2, 0) is 4.79 Å². The lowest BCUT2D eigenvalue weighted by Gasteiger charge is -2.25. The van der Waals surface area contributed by atoms with Gasteiger partial charge in [-0.3, -0.25) is 4.79 Å². The summed E-state index contributed by atoms with van der Waals surface area (Å²) in [5, 5.41) is 0. The number of amides is 3. The number of carbonyl (C=O) groups excluding carboxylic acids is 2. The van der Waals surface area contributed by atoms with Crippen molar-refractivity contribution < 1.29 is 9.59 Å². The predicted octanol–water partition coefficient (Wildman–Crippen LogP) is 0.222. The summed E-state index contributed by atoms with van der Waals surface area (Å²) < 4.78 is 0. The van der Waals surface area contributed by atoms with Crippen molar-refractivity contribution in [2.45, 2.75) is 13.3 Å². The first-order valence-corrected chi connectivity index (χ1v) is 5.30. The van der Waals surface area contributed by atoms with Crippen molar-refractivity contribution in [2.24, 2.45) is 0 Å². The van der Waals surface area contributed by atoms with E-state index in [0.717, 1.165) is 13.0 Å². The van der Waals surface area contributed by atoms with E-state index in [9.17, 15) is 9.59 Å². The van der Waals surface area contributed by atoms with Gasteiger partial charge >= 0.3 is 6.03 Å². The molecule has 0 saturated carbocycles. The quantitative estimate of drug-likeness (QED) is 0.625. The van der Waals surface area contributed by atoms with Crippen LogP contribution in [0.4, 0.5) is 4.79 Å². The number of urea groups is 1. The van der Waals surface area contributed by atoms with Gasteiger partial charge in [-0.05, 0) is 13.3 Å². The molecule has 0 aliphatic carbocycles. The number of likely N-dealkylation sites (N-methyl/N-ethyl adjacent to an activating group) is 1. The minimum absolute atomic E-state index is 0.0188. The van der Waals surface area contributed by atoms with Gasteiger partial charge in [0.2, 0.25) is 5.91 Å². The van der Waals surface area contributed by atoms with Crippen molar-refractivity contribution in [3.05, 3.63) is 0 Å². The standard InChI is InChI=1S/C10H19N3O2/c1-4-11(2)10(15)13-7-5-6-12(3)9(14)8-13/h4-8H2,1-3H3. The third-order valence-corrected chi connectivity index (χ3v) is 2.74. The third-order valence-electron chi connectivity index (χ3n) is 2.74. The highest BCUT2D eigenvalue weighted by atomic mass is 16.2. The van der Waals surface area contributed by atoms with Gasteiger partial charge in [0.05, 0.1) is 0 Å². The van der Waals surface area contributed by atoms with Crippen LogP contribution in [0.2, 0.25) is 0 Å². The molecular weight excluding hydrogens is 194 g/mol. The van der Waals surface area contributed by atoms with Gasteiger partial charge in [0.25, 0.3) is 0 Å². The summed E-state index contributed by atoms with van der Waals surface area (Å²) in [4.78, 5) is 28.3. The highest BCUT2D eigenvalue weighted by molar-refractivity contribution is 5.84. The first-order chi connectivity index (χ1) is 7.06. The lowest BCUT2D eigenvalue weighted by Crippen LogP contribution is -2.44. The molecule has 0 aromatic rings. The second-order valence-corrected chi connectivity index (χ2v) is 3.89. The van der Waals surface area contributed by atoms with Crippen LogP contribution >= 0.6 is 0 Å². The molecule has 1 heterocycles. The number of carbonyl (C=O) groups is 2. The van der Waals surface area contributed by atoms with Crippen molar-refractivity contribution in [1.29, 1.82) is 0 Å². The monoisotopic (exact) mass is 213 g/mol. The van der Waals surface area contributed by atoms with E-state index in [2.05, 4.69) is 0 Å². The van der Waals surface area contributed by atoms with E-state index < -0.39 is 0 Å². The second-order valence-electron chi connectivity index (χ2n) is 3.89. The molecule has 0 N–H and O–H groups in total. The van der Waals surface area contributed by atoms with Crippen LogP contribution in [0.3, 0.4) is 0 Å². The molecular formula is C10H19N3O2. The van der Waals surface area contributed by atoms with Gasteiger partial charge in [0.1, 0.15) is 6.54 Å². The molecule has 0 atom stereocenters. The Balaban J connectivity index is 2.62. The molecule has 5 nitrogen and oxygen atoms in total. The highest BCUT2D eigenvalue weighted by Gasteiger charge is 2.24. The van der Waals surface area contributed by atoms with E-state index in [-0.39, 0.29) is 18.5 Å². The van der Waals surface area contributed by atoms with Crippen molar-refractivity contribution in [2.75, 3.05) is 40.3 Å². The Kier molecular flexibility index (Phi) is 3.94. The summed E-state index contributed by atoms with van der Waals surface area (Å²) in [5.41, 5.74) is 0. The average molecular weight is 213 g/mol. The van der Waals surface area contributed by atoms with Gasteiger partial charge in [0.15, 0.2) is 0 Å². The van der Waals surface area contributed by atoms with Gasteiger partial charge in [-0.15, -0.1) is 0 Å². The van der Waals surface area contributed by atoms with Crippen LogP contribution in [0, 0.1) is 0 Å². The highest BCUT2D eigenvalue weighted by Crippen LogP contribution is 2.05. The maximum Gasteiger partial charge on any atom is 0.320 e. The van der Waals surface area contributed by atoms with Crippen LogP contribution < -0.4 is 0 Å². The maximum absolute atomic E-state index is 11.8. The smallest absolute Gasteiger partial charge is 0.320 e. The van der Waals surface area contributed by atoms with Gasteiger partial charge in [-0.2, -0.15) is 0 Å². The van der Waals surface area contributed by atoms with E-state index in [0.29, 0.717) is 13.1 Å². The first-order valence-electron chi connectivity index (χ1n) is 5.30. The normalized spacial score (nSPS) is 17.7. The Hall–Kier alpha value is -1.26. The van der Waals surface area contributed by atoms with Gasteiger partial charge in [-0.1, -0.05) is 0 Å². The average Bonchev–Trinajstić information content (AvgIpc) is 2.39. The van der Waals surface area contributed by atoms with Crippen LogP contribution in [-0.4, -0.2) is 66.9 Å². The lowest BCUT2D eigenvalue weighted by atomic mass is 10.4. The zero-order valence-electron chi connectivity index (χ0n) is 9.69. The van der Waals surface area contributed by atoms with Gasteiger partial charge < -0.3 is 14.7 Å². The molecule has 0 spiro atoms. The minimum Gasteiger partial charge on any atom is -0.344 e. The van der Waals surface area contributed by atoms with Crippen LogP contribution in [0.1, 0.15) is 13.3 Å². The molecule has 5 heteroatoms. The summed E-state index contributed by atoms with van der Waals surface area (Å²) in [6.07, 6.45) is 0.853. The molecule has 1 aliphatic heterocycles. The predicted molar refractivity (Wildman–Crippen MR) is 57.5 cm³/mol. The van der Waals surface area contributed by atoms with E-state index in [1.54, 1.807) is 28.8 Å². The summed E-state index contributed by atoms with van der Waals surface area (Å²) in [5.74, 6) is 0.0188. The number of rotatable bonds is 1. The van der Waals surface area contributed by atoms with Crippen molar-refractivity contribution in [1.82, 2.24) is 14.7 Å². The Morgan fingerprint density at radius 1 is 1.47 bits per heavy atom. The van der Waals surface area contributed by atoms with Gasteiger partial charge in [-0.25, -0.2) is 4.79 Å². The Labute approximate surface area is 90.6 Å². The van der Waals surface area contributed by atoms with E-state index in [1.807, 2.05) is 6.92 Å². The lowest BCUT2D eigenvalue weighted by molar-refractivity contribution is -0.129. The zero-order chi connectivity index (χ0) is 11.4. The summed E-state index contributed by atoms with van der Waals surface area (Å²) >= 11 is 0. The Morgan fingerprint density at radius 2 is 2.13 bits per heavy atom. The number of hydrogen-bond donors (Lipinski definition) is 0. The summed E-state index contributed by atoms with van der Waals surface area (Å²) in [6, 6.07) is -0.0545. The van der Waals surface area contributed by atoms with Crippen molar-refractivity contribution >= 4 is 11.9 Å². The molecule has 0 aromatic heterocycles. The topological polar surface area (TPSA) is 43.9 Å². The molecule has 0 aromatic carbocycles. The molecule has 0 unspecified atom stereocenters. The fourth-order valence-corrected chi connectivity index (χ4v) is 1.53. The number of hydrogen-bond acceptors (Lipinski definition) is 2. The maximum atomic E-state index is 11.8. The minimum atomic E-state index is -0.0545. The molecule has 1 fully saturated rings. The van der Waals surface area contributed by atoms with Crippen LogP contribution in [0.25, 0.3) is 0 Å². The van der Waals surface area contributed by atoms with E-state index >= 15 is 0 Å². The van der Waals surface area contributed by atoms with E-state index in [1.165, 1.54) is 0 Å². The third kappa shape index (κ3) is 2.84. The van der Waals surface area contributed by atoms with Gasteiger partial charge in [0, 0.05) is 33.7 Å². The zero-order valence-corrected chi connectivity index (χ0v) is 9.69. The molecule has 1 rings (SSSR count). The Bertz CT molecular complexity index is 255. The fourth-order valence-electron chi connectivity index (χ4n) is 1.53. The van der Waals surface area contributed by atoms with E-state index in [4.69, 9.17) is 0 Å². The molecule has 86 valence electrons. The molecule has 1 aliphatic rings. The molecule has 3 amide bonds.